The Morgan fingerprint density at radius 1 is 1.25 bits per heavy atom. The highest BCUT2D eigenvalue weighted by Crippen LogP contribution is 2.32. The van der Waals surface area contributed by atoms with Gasteiger partial charge >= 0.3 is 0 Å². The van der Waals surface area contributed by atoms with E-state index in [1.165, 1.54) is 22.5 Å². The number of sulfonamides is 1. The molecular weight excluding hydrogens is 398 g/mol. The van der Waals surface area contributed by atoms with Gasteiger partial charge in [-0.15, -0.1) is 11.3 Å². The van der Waals surface area contributed by atoms with Crippen molar-refractivity contribution >= 4 is 39.0 Å². The SMILES string of the molecule is C=CCOc1cccc(/C=C(\C(=O)[O-])c2ccc(S(=O)(=O)N3CCCC3)s2)c1. The van der Waals surface area contributed by atoms with Crippen molar-refractivity contribution in [3.05, 3.63) is 59.5 Å². The highest BCUT2D eigenvalue weighted by Gasteiger charge is 2.28. The standard InChI is InChI=1S/C20H21NO5S2/c1-2-12-26-16-7-5-6-15(13-16)14-17(20(22)23)18-8-9-19(27-18)28(24,25)21-10-3-4-11-21/h2,5-9,13-14H,1,3-4,10-12H2,(H,22,23)/p-1/b17-14-. The van der Waals surface area contributed by atoms with Crippen LogP contribution in [0.2, 0.25) is 0 Å². The van der Waals surface area contributed by atoms with Crippen molar-refractivity contribution in [2.45, 2.75) is 17.1 Å². The number of aliphatic carboxylic acids is 1. The molecule has 1 aromatic carbocycles. The first kappa shape index (κ1) is 20.3. The molecule has 28 heavy (non-hydrogen) atoms. The second-order valence-corrected chi connectivity index (χ2v) is 9.50. The quantitative estimate of drug-likeness (QED) is 0.485. The summed E-state index contributed by atoms with van der Waals surface area (Å²) in [6.07, 6.45) is 4.75. The molecule has 0 N–H and O–H groups in total. The molecule has 1 fully saturated rings. The van der Waals surface area contributed by atoms with Crippen molar-refractivity contribution in [2.24, 2.45) is 0 Å². The lowest BCUT2D eigenvalue weighted by Gasteiger charge is -2.13. The number of nitrogens with zero attached hydrogens (tertiary/aromatic N) is 1. The lowest BCUT2D eigenvalue weighted by Crippen LogP contribution is -2.27. The summed E-state index contributed by atoms with van der Waals surface area (Å²) in [5.74, 6) is -0.792. The van der Waals surface area contributed by atoms with Gasteiger partial charge in [-0.25, -0.2) is 8.42 Å². The summed E-state index contributed by atoms with van der Waals surface area (Å²) in [7, 11) is -3.59. The highest BCUT2D eigenvalue weighted by molar-refractivity contribution is 7.91. The monoisotopic (exact) mass is 418 g/mol. The summed E-state index contributed by atoms with van der Waals surface area (Å²) < 4.78 is 32.4. The molecule has 2 heterocycles. The van der Waals surface area contributed by atoms with Gasteiger partial charge in [-0.3, -0.25) is 0 Å². The highest BCUT2D eigenvalue weighted by atomic mass is 32.2. The van der Waals surface area contributed by atoms with Crippen LogP contribution in [0.25, 0.3) is 11.6 Å². The van der Waals surface area contributed by atoms with E-state index in [0.29, 0.717) is 35.9 Å². The number of carbonyl (C=O) groups is 1. The predicted octanol–water partition coefficient (Wildman–Crippen LogP) is 2.39. The number of thiophene rings is 1. The van der Waals surface area contributed by atoms with Gasteiger partial charge in [-0.2, -0.15) is 4.31 Å². The number of carboxylic acids is 1. The van der Waals surface area contributed by atoms with Crippen molar-refractivity contribution in [3.63, 3.8) is 0 Å². The van der Waals surface area contributed by atoms with Gasteiger partial charge < -0.3 is 14.6 Å². The van der Waals surface area contributed by atoms with E-state index in [4.69, 9.17) is 4.74 Å². The Kier molecular flexibility index (Phi) is 6.33. The van der Waals surface area contributed by atoms with E-state index >= 15 is 0 Å². The lowest BCUT2D eigenvalue weighted by molar-refractivity contribution is -0.295. The second-order valence-electron chi connectivity index (χ2n) is 6.25. The van der Waals surface area contributed by atoms with Crippen molar-refractivity contribution in [1.29, 1.82) is 0 Å². The van der Waals surface area contributed by atoms with Crippen LogP contribution in [0.4, 0.5) is 0 Å². The average Bonchev–Trinajstić information content (AvgIpc) is 3.37. The maximum Gasteiger partial charge on any atom is 0.252 e. The Balaban J connectivity index is 1.91. The lowest BCUT2D eigenvalue weighted by atomic mass is 10.1. The first-order valence-corrected chi connectivity index (χ1v) is 11.0. The molecule has 0 radical (unpaired) electrons. The van der Waals surface area contributed by atoms with E-state index in [9.17, 15) is 18.3 Å². The van der Waals surface area contributed by atoms with Crippen LogP contribution < -0.4 is 9.84 Å². The maximum atomic E-state index is 12.7. The van der Waals surface area contributed by atoms with E-state index in [-0.39, 0.29) is 9.78 Å². The number of benzene rings is 1. The van der Waals surface area contributed by atoms with Gasteiger partial charge in [0.2, 0.25) is 0 Å². The first-order valence-electron chi connectivity index (χ1n) is 8.79. The third kappa shape index (κ3) is 4.52. The minimum absolute atomic E-state index is 0.0752. The van der Waals surface area contributed by atoms with Crippen molar-refractivity contribution in [1.82, 2.24) is 4.31 Å². The van der Waals surface area contributed by atoms with Crippen LogP contribution in [0.3, 0.4) is 0 Å². The number of hydrogen-bond acceptors (Lipinski definition) is 6. The summed E-state index contributed by atoms with van der Waals surface area (Å²) in [4.78, 5) is 12.0. The van der Waals surface area contributed by atoms with Crippen LogP contribution in [0.1, 0.15) is 23.3 Å². The van der Waals surface area contributed by atoms with Crippen LogP contribution in [0.5, 0.6) is 5.75 Å². The minimum atomic E-state index is -3.59. The van der Waals surface area contributed by atoms with E-state index in [2.05, 4.69) is 6.58 Å². The molecular formula is C20H20NO5S2-. The second kappa shape index (κ2) is 8.72. The molecule has 0 aliphatic carbocycles. The zero-order chi connectivity index (χ0) is 20.1. The summed E-state index contributed by atoms with van der Waals surface area (Å²) in [5.41, 5.74) is 0.534. The zero-order valence-corrected chi connectivity index (χ0v) is 16.8. The summed E-state index contributed by atoms with van der Waals surface area (Å²) in [6, 6.07) is 9.89. The summed E-state index contributed by atoms with van der Waals surface area (Å²) >= 11 is 0.937. The molecule has 0 atom stereocenters. The molecule has 6 nitrogen and oxygen atoms in total. The molecule has 1 aliphatic heterocycles. The van der Waals surface area contributed by atoms with Crippen molar-refractivity contribution < 1.29 is 23.1 Å². The van der Waals surface area contributed by atoms with Crippen LogP contribution in [-0.4, -0.2) is 38.4 Å². The third-order valence-corrected chi connectivity index (χ3v) is 7.75. The minimum Gasteiger partial charge on any atom is -0.545 e. The smallest absolute Gasteiger partial charge is 0.252 e. The molecule has 0 amide bonds. The average molecular weight is 419 g/mol. The third-order valence-electron chi connectivity index (χ3n) is 4.26. The fourth-order valence-corrected chi connectivity index (χ4v) is 5.89. The van der Waals surface area contributed by atoms with Crippen molar-refractivity contribution in [2.75, 3.05) is 19.7 Å². The van der Waals surface area contributed by atoms with Crippen LogP contribution >= 0.6 is 11.3 Å². The topological polar surface area (TPSA) is 86.7 Å². The van der Waals surface area contributed by atoms with Crippen LogP contribution in [0.15, 0.2) is 53.3 Å². The van der Waals surface area contributed by atoms with Gasteiger partial charge in [0.05, 0.1) is 5.97 Å². The Bertz CT molecular complexity index is 1000. The van der Waals surface area contributed by atoms with Gasteiger partial charge in [0.25, 0.3) is 10.0 Å². The Hall–Kier alpha value is -2.42. The molecule has 148 valence electrons. The van der Waals surface area contributed by atoms with Gasteiger partial charge in [-0.05, 0) is 48.7 Å². The fraction of sp³-hybridized carbons (Fsp3) is 0.250. The molecule has 0 saturated carbocycles. The van der Waals surface area contributed by atoms with E-state index < -0.39 is 16.0 Å². The number of ether oxygens (including phenoxy) is 1. The zero-order valence-electron chi connectivity index (χ0n) is 15.2. The van der Waals surface area contributed by atoms with Gasteiger partial charge in [-0.1, -0.05) is 24.8 Å². The molecule has 1 aromatic heterocycles. The predicted molar refractivity (Wildman–Crippen MR) is 107 cm³/mol. The van der Waals surface area contributed by atoms with Crippen LogP contribution in [-0.2, 0) is 14.8 Å². The fourth-order valence-electron chi connectivity index (χ4n) is 2.91. The molecule has 0 spiro atoms. The summed E-state index contributed by atoms with van der Waals surface area (Å²) in [6.45, 7) is 4.91. The Morgan fingerprint density at radius 3 is 2.68 bits per heavy atom. The molecule has 0 bridgehead atoms. The summed E-state index contributed by atoms with van der Waals surface area (Å²) in [5, 5.41) is 11.7. The van der Waals surface area contributed by atoms with E-state index in [0.717, 1.165) is 24.2 Å². The van der Waals surface area contributed by atoms with Gasteiger partial charge in [0, 0.05) is 23.5 Å². The largest absolute Gasteiger partial charge is 0.545 e. The van der Waals surface area contributed by atoms with Crippen LogP contribution in [0, 0.1) is 0 Å². The maximum absolute atomic E-state index is 12.7. The Labute approximate surface area is 168 Å². The molecule has 2 aromatic rings. The molecule has 3 rings (SSSR count). The number of hydrogen-bond donors (Lipinski definition) is 0. The number of rotatable bonds is 8. The van der Waals surface area contributed by atoms with Crippen molar-refractivity contribution in [3.8, 4) is 5.75 Å². The normalized spacial score (nSPS) is 15.5. The number of carbonyl (C=O) groups excluding carboxylic acids is 1. The first-order chi connectivity index (χ1) is 13.4. The van der Waals surface area contributed by atoms with E-state index in [1.807, 2.05) is 0 Å². The molecule has 1 aliphatic rings. The molecule has 0 unspecified atom stereocenters. The van der Waals surface area contributed by atoms with Gasteiger partial charge in [0.1, 0.15) is 16.6 Å². The van der Waals surface area contributed by atoms with E-state index in [1.54, 1.807) is 30.3 Å². The van der Waals surface area contributed by atoms with Gasteiger partial charge in [0.15, 0.2) is 0 Å². The Morgan fingerprint density at radius 2 is 2.00 bits per heavy atom. The molecule has 8 heteroatoms. The number of carboxylic acid groups (broad SMARTS) is 1. The molecule has 1 saturated heterocycles.